The smallest absolute Gasteiger partial charge is 0.335 e. The van der Waals surface area contributed by atoms with Crippen LogP contribution in [0.3, 0.4) is 0 Å². The molecule has 11 heteroatoms. The number of hydrogen-bond acceptors (Lipinski definition) is 6. The molecule has 1 amide bonds. The monoisotopic (exact) mass is 620 g/mol. The number of methoxy groups -OCH3 is 1. The van der Waals surface area contributed by atoms with Gasteiger partial charge in [-0.3, -0.25) is 9.69 Å². The Morgan fingerprint density at radius 2 is 1.89 bits per heavy atom. The summed E-state index contributed by atoms with van der Waals surface area (Å²) in [5.41, 5.74) is 2.19. The second kappa shape index (κ2) is 11.6. The van der Waals surface area contributed by atoms with Crippen LogP contribution in [0.4, 0.5) is 5.69 Å². The second-order valence-electron chi connectivity index (χ2n) is 7.78. The number of carbonyl (C=O) groups excluding carboxylic acids is 1. The Morgan fingerprint density at radius 1 is 1.16 bits per heavy atom. The number of nitrogens with zero attached hydrogens (tertiary/aromatic N) is 2. The van der Waals surface area contributed by atoms with E-state index in [0.29, 0.717) is 41.8 Å². The molecule has 1 fully saturated rings. The second-order valence-corrected chi connectivity index (χ2v) is 10.5. The molecule has 1 aliphatic rings. The van der Waals surface area contributed by atoms with Gasteiger partial charge in [0.2, 0.25) is 0 Å². The number of halogens is 3. The van der Waals surface area contributed by atoms with Crippen molar-refractivity contribution in [3.63, 3.8) is 0 Å². The molecule has 1 heterocycles. The van der Waals surface area contributed by atoms with E-state index in [1.54, 1.807) is 49.5 Å². The van der Waals surface area contributed by atoms with Gasteiger partial charge in [0.25, 0.3) is 5.91 Å². The van der Waals surface area contributed by atoms with Gasteiger partial charge in [-0.1, -0.05) is 29.3 Å². The number of likely N-dealkylation sites (N-methyl/N-ethyl adjacent to an activating group) is 1. The molecule has 0 saturated carbocycles. The first kappa shape index (κ1) is 27.1. The largest absolute Gasteiger partial charge is 0.493 e. The number of ether oxygens (including phenoxy) is 2. The summed E-state index contributed by atoms with van der Waals surface area (Å²) in [6.45, 7) is 0.206. The predicted molar refractivity (Wildman–Crippen MR) is 150 cm³/mol. The molecule has 0 bridgehead atoms. The fourth-order valence-electron chi connectivity index (χ4n) is 3.34. The van der Waals surface area contributed by atoms with Crippen LogP contribution in [0.2, 0.25) is 10.0 Å². The zero-order valence-corrected chi connectivity index (χ0v) is 23.4. The number of amides is 1. The van der Waals surface area contributed by atoms with Gasteiger partial charge < -0.3 is 14.6 Å². The number of aliphatic imine (C=N–C) groups is 1. The first-order valence-electron chi connectivity index (χ1n) is 10.7. The molecule has 7 nitrogen and oxygen atoms in total. The molecule has 0 unspecified atom stereocenters. The predicted octanol–water partition coefficient (Wildman–Crippen LogP) is 7.28. The summed E-state index contributed by atoms with van der Waals surface area (Å²) in [5.74, 6) is -0.259. The number of benzene rings is 3. The molecular weight excluding hydrogens is 603 g/mol. The lowest BCUT2D eigenvalue weighted by atomic mass is 10.1. The van der Waals surface area contributed by atoms with Crippen molar-refractivity contribution in [3.8, 4) is 11.5 Å². The van der Waals surface area contributed by atoms with Gasteiger partial charge >= 0.3 is 5.97 Å². The lowest BCUT2D eigenvalue weighted by Crippen LogP contribution is -2.23. The maximum Gasteiger partial charge on any atom is 0.335 e. The van der Waals surface area contributed by atoms with Gasteiger partial charge in [0.05, 0.1) is 27.7 Å². The summed E-state index contributed by atoms with van der Waals surface area (Å²) in [5, 5.41) is 10.6. The standard InChI is InChI=1S/C26H19BrCl2N2O5S/c1-31-24(32)22(37-26(31)30-18-7-4-15(5-8-18)25(33)34)11-14-9-19(27)23(21(10-14)35-2)36-13-16-3-6-17(28)12-20(16)29/h3-12H,13H2,1-2H3,(H,33,34)/b22-11-,30-26?. The van der Waals surface area contributed by atoms with Gasteiger partial charge in [0, 0.05) is 22.7 Å². The molecular formula is C26H19BrCl2N2O5S. The Hall–Kier alpha value is -2.98. The van der Waals surface area contributed by atoms with Gasteiger partial charge in [-0.05, 0) is 87.9 Å². The van der Waals surface area contributed by atoms with Gasteiger partial charge in [-0.25, -0.2) is 9.79 Å². The van der Waals surface area contributed by atoms with Crippen molar-refractivity contribution in [1.82, 2.24) is 4.90 Å². The number of rotatable bonds is 7. The third-order valence-corrected chi connectivity index (χ3v) is 7.52. The van der Waals surface area contributed by atoms with Crippen LogP contribution in [0.15, 0.2) is 69.0 Å². The number of thioether (sulfide) groups is 1. The van der Waals surface area contributed by atoms with E-state index in [4.69, 9.17) is 37.8 Å². The minimum Gasteiger partial charge on any atom is -0.493 e. The molecule has 1 saturated heterocycles. The Labute approximate surface area is 235 Å². The van der Waals surface area contributed by atoms with E-state index in [9.17, 15) is 9.59 Å². The summed E-state index contributed by atoms with van der Waals surface area (Å²) in [4.78, 5) is 30.3. The maximum absolute atomic E-state index is 12.9. The zero-order valence-electron chi connectivity index (χ0n) is 19.5. The van der Waals surface area contributed by atoms with E-state index in [1.165, 1.54) is 35.9 Å². The SMILES string of the molecule is COc1cc(/C=C2\SC(=Nc3ccc(C(=O)O)cc3)N(C)C2=O)cc(Br)c1OCc1ccc(Cl)cc1Cl. The van der Waals surface area contributed by atoms with Crippen molar-refractivity contribution < 1.29 is 24.2 Å². The molecule has 37 heavy (non-hydrogen) atoms. The number of hydrogen-bond donors (Lipinski definition) is 1. The third kappa shape index (κ3) is 6.30. The first-order chi connectivity index (χ1) is 17.7. The average Bonchev–Trinajstić information content (AvgIpc) is 3.12. The van der Waals surface area contributed by atoms with Crippen molar-refractivity contribution in [3.05, 3.63) is 90.7 Å². The fraction of sp³-hybridized carbons (Fsp3) is 0.115. The molecule has 1 aliphatic heterocycles. The Kier molecular flexibility index (Phi) is 8.49. The number of aromatic carboxylic acids is 1. The number of carboxylic acid groups (broad SMARTS) is 1. The van der Waals surface area contributed by atoms with Crippen LogP contribution in [0.1, 0.15) is 21.5 Å². The highest BCUT2D eigenvalue weighted by molar-refractivity contribution is 9.10. The summed E-state index contributed by atoms with van der Waals surface area (Å²) in [7, 11) is 3.17. The van der Waals surface area contributed by atoms with Crippen molar-refractivity contribution in [2.45, 2.75) is 6.61 Å². The van der Waals surface area contributed by atoms with Crippen LogP contribution in [0.25, 0.3) is 6.08 Å². The van der Waals surface area contributed by atoms with E-state index in [-0.39, 0.29) is 18.1 Å². The van der Waals surface area contributed by atoms with Crippen LogP contribution in [0.5, 0.6) is 11.5 Å². The molecule has 4 rings (SSSR count). The summed E-state index contributed by atoms with van der Waals surface area (Å²) < 4.78 is 12.2. The maximum atomic E-state index is 12.9. The molecule has 0 radical (unpaired) electrons. The molecule has 0 aliphatic carbocycles. The number of carbonyl (C=O) groups is 2. The van der Waals surface area contributed by atoms with Crippen molar-refractivity contribution in [1.29, 1.82) is 0 Å². The molecule has 1 N–H and O–H groups in total. The summed E-state index contributed by atoms with van der Waals surface area (Å²) in [6, 6.07) is 14.9. The highest BCUT2D eigenvalue weighted by atomic mass is 79.9. The van der Waals surface area contributed by atoms with Crippen LogP contribution in [-0.4, -0.2) is 41.2 Å². The van der Waals surface area contributed by atoms with Gasteiger partial charge in [-0.15, -0.1) is 0 Å². The molecule has 3 aromatic carbocycles. The third-order valence-electron chi connectivity index (χ3n) is 5.28. The van der Waals surface area contributed by atoms with Gasteiger partial charge in [0.1, 0.15) is 6.61 Å². The molecule has 0 atom stereocenters. The Bertz CT molecular complexity index is 1440. The normalized spacial score (nSPS) is 15.5. The highest BCUT2D eigenvalue weighted by Gasteiger charge is 2.30. The van der Waals surface area contributed by atoms with Crippen LogP contribution in [-0.2, 0) is 11.4 Å². The van der Waals surface area contributed by atoms with E-state index in [1.807, 2.05) is 6.07 Å². The minimum atomic E-state index is -1.02. The quantitative estimate of drug-likeness (QED) is 0.279. The molecule has 0 spiro atoms. The number of carboxylic acids is 1. The summed E-state index contributed by atoms with van der Waals surface area (Å²) in [6.07, 6.45) is 1.74. The van der Waals surface area contributed by atoms with E-state index < -0.39 is 5.97 Å². The van der Waals surface area contributed by atoms with Crippen molar-refractivity contribution in [2.75, 3.05) is 14.2 Å². The number of amidine groups is 1. The van der Waals surface area contributed by atoms with Gasteiger partial charge in [0.15, 0.2) is 16.7 Å². The van der Waals surface area contributed by atoms with Crippen LogP contribution < -0.4 is 9.47 Å². The highest BCUT2D eigenvalue weighted by Crippen LogP contribution is 2.40. The lowest BCUT2D eigenvalue weighted by Gasteiger charge is -2.14. The topological polar surface area (TPSA) is 88.4 Å². The molecule has 190 valence electrons. The van der Waals surface area contributed by atoms with E-state index in [2.05, 4.69) is 20.9 Å². The Morgan fingerprint density at radius 3 is 2.54 bits per heavy atom. The summed E-state index contributed by atoms with van der Waals surface area (Å²) >= 11 is 17.0. The fourth-order valence-corrected chi connectivity index (χ4v) is 5.37. The van der Waals surface area contributed by atoms with Gasteiger partial charge in [-0.2, -0.15) is 0 Å². The van der Waals surface area contributed by atoms with Crippen LogP contribution in [0, 0.1) is 0 Å². The zero-order chi connectivity index (χ0) is 26.7. The Balaban J connectivity index is 1.55. The van der Waals surface area contributed by atoms with Crippen molar-refractivity contribution >= 4 is 79.7 Å². The van der Waals surface area contributed by atoms with E-state index >= 15 is 0 Å². The van der Waals surface area contributed by atoms with Crippen molar-refractivity contribution in [2.24, 2.45) is 4.99 Å². The first-order valence-corrected chi connectivity index (χ1v) is 13.1. The minimum absolute atomic E-state index is 0.163. The average molecular weight is 622 g/mol. The van der Waals surface area contributed by atoms with E-state index in [0.717, 1.165) is 11.1 Å². The lowest BCUT2D eigenvalue weighted by molar-refractivity contribution is -0.121. The molecule has 3 aromatic rings. The van der Waals surface area contributed by atoms with Crippen LogP contribution >= 0.6 is 50.9 Å². The molecule has 0 aromatic heterocycles.